The zero-order valence-corrected chi connectivity index (χ0v) is 16.1. The normalized spacial score (nSPS) is 17.1. The average molecular weight is 398 g/mol. The van der Waals surface area contributed by atoms with E-state index >= 15 is 0 Å². The number of pyridine rings is 1. The molecule has 3 aromatic rings. The second-order valence-corrected chi connectivity index (χ2v) is 7.11. The monoisotopic (exact) mass is 397 g/mol. The Morgan fingerprint density at radius 3 is 3.00 bits per heavy atom. The Balaban J connectivity index is 1.66. The molecule has 1 aliphatic heterocycles. The van der Waals surface area contributed by atoms with Crippen molar-refractivity contribution in [3.05, 3.63) is 41.6 Å². The highest BCUT2D eigenvalue weighted by atomic mass is 35.5. The lowest BCUT2D eigenvalue weighted by molar-refractivity contribution is 0.0450. The minimum Gasteiger partial charge on any atom is -0.374 e. The van der Waals surface area contributed by atoms with Crippen molar-refractivity contribution >= 4 is 34.3 Å². The molecule has 4 rings (SSSR count). The summed E-state index contributed by atoms with van der Waals surface area (Å²) in [5.74, 6) is 1.58. The number of aryl methyl sites for hydroxylation is 1. The van der Waals surface area contributed by atoms with Gasteiger partial charge in [0.15, 0.2) is 0 Å². The van der Waals surface area contributed by atoms with Crippen molar-refractivity contribution in [2.75, 3.05) is 24.6 Å². The Hall–Kier alpha value is -2.84. The van der Waals surface area contributed by atoms with Crippen molar-refractivity contribution < 1.29 is 4.74 Å². The van der Waals surface area contributed by atoms with Gasteiger partial charge in [0, 0.05) is 38.3 Å². The fraction of sp³-hybridized carbons (Fsp3) is 0.316. The third kappa shape index (κ3) is 3.48. The maximum atomic E-state index is 7.60. The molecule has 8 nitrogen and oxygen atoms in total. The standard InChI is InChI=1S/C19H20ClN7O/c1-26-16-5-3-2-4-15(16)24-19(26)13-9-18(23-10-14(13)20)27-6-7-28-12(11-27)8-17(21)25-22/h2-5,9-10,12,21-22H,6-8,11H2,1H3. The number of ether oxygens (including phenoxy) is 1. The van der Waals surface area contributed by atoms with Gasteiger partial charge in [-0.05, 0) is 18.2 Å². The van der Waals surface area contributed by atoms with Gasteiger partial charge in [-0.15, -0.1) is 5.11 Å². The van der Waals surface area contributed by atoms with Gasteiger partial charge in [0.05, 0.1) is 28.8 Å². The van der Waals surface area contributed by atoms with E-state index in [0.717, 1.165) is 28.2 Å². The maximum absolute atomic E-state index is 7.60. The van der Waals surface area contributed by atoms with E-state index in [1.54, 1.807) is 6.20 Å². The Labute approximate surface area is 167 Å². The molecule has 0 amide bonds. The van der Waals surface area contributed by atoms with Crippen LogP contribution >= 0.6 is 11.6 Å². The second kappa shape index (κ2) is 7.65. The van der Waals surface area contributed by atoms with Crippen molar-refractivity contribution in [1.29, 1.82) is 10.9 Å². The van der Waals surface area contributed by atoms with E-state index in [1.165, 1.54) is 0 Å². The Bertz CT molecular complexity index is 1050. The number of nitrogens with zero attached hydrogens (tertiary/aromatic N) is 5. The van der Waals surface area contributed by atoms with Crippen LogP contribution in [0.2, 0.25) is 5.02 Å². The van der Waals surface area contributed by atoms with Crippen molar-refractivity contribution in [3.8, 4) is 11.4 Å². The van der Waals surface area contributed by atoms with Crippen LogP contribution in [-0.4, -0.2) is 46.2 Å². The lowest BCUT2D eigenvalue weighted by atomic mass is 10.1. The molecule has 3 heterocycles. The number of aromatic nitrogens is 3. The smallest absolute Gasteiger partial charge is 0.145 e. The maximum Gasteiger partial charge on any atom is 0.145 e. The van der Waals surface area contributed by atoms with Crippen molar-refractivity contribution in [3.63, 3.8) is 0 Å². The molecule has 1 aromatic carbocycles. The van der Waals surface area contributed by atoms with Crippen LogP contribution < -0.4 is 4.90 Å². The first-order valence-electron chi connectivity index (χ1n) is 8.95. The minimum atomic E-state index is -0.188. The number of hydrogen-bond acceptors (Lipinski definition) is 6. The predicted octanol–water partition coefficient (Wildman–Crippen LogP) is 3.89. The summed E-state index contributed by atoms with van der Waals surface area (Å²) in [5, 5.41) is 11.3. The molecule has 144 valence electrons. The molecule has 1 aliphatic rings. The number of anilines is 1. The number of fused-ring (bicyclic) bond motifs is 1. The number of rotatable bonds is 4. The first-order valence-corrected chi connectivity index (χ1v) is 9.33. The molecule has 0 saturated carbocycles. The van der Waals surface area contributed by atoms with Gasteiger partial charge in [0.1, 0.15) is 17.5 Å². The first-order chi connectivity index (χ1) is 13.6. The van der Waals surface area contributed by atoms with Crippen molar-refractivity contribution in [2.24, 2.45) is 12.2 Å². The molecule has 1 saturated heterocycles. The van der Waals surface area contributed by atoms with Crippen molar-refractivity contribution in [1.82, 2.24) is 14.5 Å². The fourth-order valence-electron chi connectivity index (χ4n) is 3.47. The number of para-hydroxylation sites is 2. The second-order valence-electron chi connectivity index (χ2n) is 6.71. The van der Waals surface area contributed by atoms with Gasteiger partial charge in [-0.25, -0.2) is 15.5 Å². The topological polar surface area (TPSA) is 103 Å². The molecule has 1 fully saturated rings. The van der Waals surface area contributed by atoms with Crippen LogP contribution in [0.15, 0.2) is 41.6 Å². The van der Waals surface area contributed by atoms with Crippen LogP contribution in [0, 0.1) is 10.9 Å². The summed E-state index contributed by atoms with van der Waals surface area (Å²) >= 11 is 6.47. The van der Waals surface area contributed by atoms with E-state index in [2.05, 4.69) is 15.0 Å². The predicted molar refractivity (Wildman–Crippen MR) is 108 cm³/mol. The molecule has 2 N–H and O–H groups in total. The van der Waals surface area contributed by atoms with Crippen molar-refractivity contribution in [2.45, 2.75) is 12.5 Å². The quantitative estimate of drug-likeness (QED) is 0.396. The highest BCUT2D eigenvalue weighted by Gasteiger charge is 2.24. The zero-order chi connectivity index (χ0) is 19.7. The summed E-state index contributed by atoms with van der Waals surface area (Å²) in [6.45, 7) is 1.80. The van der Waals surface area contributed by atoms with Gasteiger partial charge in [-0.3, -0.25) is 5.41 Å². The average Bonchev–Trinajstić information content (AvgIpc) is 3.05. The SMILES string of the molecule is Cn1c(-c2cc(N3CCOC(CC(=N)N=N)C3)ncc2Cl)nc2ccccc21. The van der Waals surface area contributed by atoms with E-state index < -0.39 is 0 Å². The lowest BCUT2D eigenvalue weighted by Gasteiger charge is -2.33. The van der Waals surface area contributed by atoms with Gasteiger partial charge in [-0.1, -0.05) is 23.7 Å². The highest BCUT2D eigenvalue weighted by molar-refractivity contribution is 6.33. The summed E-state index contributed by atoms with van der Waals surface area (Å²) in [6.07, 6.45) is 1.77. The third-order valence-electron chi connectivity index (χ3n) is 4.89. The number of morpholine rings is 1. The van der Waals surface area contributed by atoms with Gasteiger partial charge in [0.25, 0.3) is 0 Å². The third-order valence-corrected chi connectivity index (χ3v) is 5.19. The molecular formula is C19H20ClN7O. The number of hydrogen-bond donors (Lipinski definition) is 2. The Morgan fingerprint density at radius 2 is 2.21 bits per heavy atom. The fourth-order valence-corrected chi connectivity index (χ4v) is 3.66. The summed E-state index contributed by atoms with van der Waals surface area (Å²) in [5.41, 5.74) is 9.72. The van der Waals surface area contributed by atoms with E-state index in [-0.39, 0.29) is 11.9 Å². The number of benzene rings is 1. The van der Waals surface area contributed by atoms with Gasteiger partial charge >= 0.3 is 0 Å². The first kappa shape index (κ1) is 18.5. The molecule has 1 atom stereocenters. The van der Waals surface area contributed by atoms with Crippen LogP contribution in [0.3, 0.4) is 0 Å². The summed E-state index contributed by atoms with van der Waals surface area (Å²) < 4.78 is 7.73. The Morgan fingerprint density at radius 1 is 1.39 bits per heavy atom. The largest absolute Gasteiger partial charge is 0.374 e. The number of nitrogens with one attached hydrogen (secondary N) is 2. The van der Waals surface area contributed by atoms with Gasteiger partial charge in [-0.2, -0.15) is 0 Å². The summed E-state index contributed by atoms with van der Waals surface area (Å²) in [7, 11) is 1.97. The highest BCUT2D eigenvalue weighted by Crippen LogP contribution is 2.32. The number of imidazole rings is 1. The molecular weight excluding hydrogens is 378 g/mol. The molecule has 0 bridgehead atoms. The van der Waals surface area contributed by atoms with Crippen LogP contribution in [0.25, 0.3) is 22.4 Å². The van der Waals surface area contributed by atoms with Gasteiger partial charge in [0.2, 0.25) is 0 Å². The van der Waals surface area contributed by atoms with Gasteiger partial charge < -0.3 is 14.2 Å². The molecule has 0 radical (unpaired) electrons. The Kier molecular flexibility index (Phi) is 5.06. The van der Waals surface area contributed by atoms with E-state index in [9.17, 15) is 0 Å². The zero-order valence-electron chi connectivity index (χ0n) is 15.4. The number of halogens is 1. The van der Waals surface area contributed by atoms with Crippen LogP contribution in [-0.2, 0) is 11.8 Å². The van der Waals surface area contributed by atoms with E-state index in [4.69, 9.17) is 32.3 Å². The lowest BCUT2D eigenvalue weighted by Crippen LogP contribution is -2.43. The van der Waals surface area contributed by atoms with Crippen LogP contribution in [0.5, 0.6) is 0 Å². The van der Waals surface area contributed by atoms with E-state index in [0.29, 0.717) is 31.1 Å². The van der Waals surface area contributed by atoms with Crippen LogP contribution in [0.4, 0.5) is 5.82 Å². The molecule has 0 spiro atoms. The summed E-state index contributed by atoms with van der Waals surface area (Å²) in [4.78, 5) is 11.3. The van der Waals surface area contributed by atoms with Crippen LogP contribution in [0.1, 0.15) is 6.42 Å². The van der Waals surface area contributed by atoms with E-state index in [1.807, 2.05) is 41.9 Å². The molecule has 9 heteroatoms. The molecule has 2 aromatic heterocycles. The number of amidine groups is 1. The molecule has 28 heavy (non-hydrogen) atoms. The molecule has 1 unspecified atom stereocenters. The molecule has 0 aliphatic carbocycles. The summed E-state index contributed by atoms with van der Waals surface area (Å²) in [6, 6.07) is 9.91. The minimum absolute atomic E-state index is 0.0105.